The van der Waals surface area contributed by atoms with E-state index in [1.165, 1.54) is 0 Å². The van der Waals surface area contributed by atoms with Crippen LogP contribution < -0.4 is 11.1 Å². The summed E-state index contributed by atoms with van der Waals surface area (Å²) >= 11 is 8.07. The Bertz CT molecular complexity index is 411. The van der Waals surface area contributed by atoms with Crippen molar-refractivity contribution in [2.45, 2.75) is 6.92 Å². The predicted octanol–water partition coefficient (Wildman–Crippen LogP) is 1.50. The molecule has 1 amide bonds. The second kappa shape index (κ2) is 5.91. The first-order valence-electron chi connectivity index (χ1n) is 4.70. The van der Waals surface area contributed by atoms with Crippen LogP contribution in [0.15, 0.2) is 22.8 Å². The van der Waals surface area contributed by atoms with Crippen molar-refractivity contribution in [3.05, 3.63) is 28.5 Å². The van der Waals surface area contributed by atoms with Crippen LogP contribution in [0.1, 0.15) is 17.4 Å². The topological polar surface area (TPSA) is 68.0 Å². The van der Waals surface area contributed by atoms with E-state index in [0.717, 1.165) is 0 Å². The number of hydrogen-bond acceptors (Lipinski definition) is 3. The number of carbonyl (C=O) groups excluding carboxylic acids is 1. The molecule has 1 atom stereocenters. The Labute approximate surface area is 108 Å². The van der Waals surface area contributed by atoms with Gasteiger partial charge in [0.2, 0.25) is 0 Å². The molecule has 0 fully saturated rings. The fraction of sp³-hybridized carbons (Fsp3) is 0.300. The summed E-state index contributed by atoms with van der Waals surface area (Å²) < 4.78 is 0.662. The number of halogens is 1. The highest BCUT2D eigenvalue weighted by atomic mass is 79.9. The summed E-state index contributed by atoms with van der Waals surface area (Å²) in [6, 6.07) is 3.51. The van der Waals surface area contributed by atoms with E-state index in [-0.39, 0.29) is 11.8 Å². The number of pyridine rings is 1. The molecule has 1 aromatic heterocycles. The van der Waals surface area contributed by atoms with Gasteiger partial charge in [0, 0.05) is 23.1 Å². The Hall–Kier alpha value is -1.01. The molecule has 6 heteroatoms. The summed E-state index contributed by atoms with van der Waals surface area (Å²) in [5, 5.41) is 2.72. The Balaban J connectivity index is 2.60. The summed E-state index contributed by atoms with van der Waals surface area (Å²) in [5.41, 5.74) is 5.80. The molecule has 1 heterocycles. The van der Waals surface area contributed by atoms with E-state index >= 15 is 0 Å². The van der Waals surface area contributed by atoms with Crippen molar-refractivity contribution >= 4 is 39.0 Å². The molecule has 1 aromatic rings. The van der Waals surface area contributed by atoms with Crippen molar-refractivity contribution < 1.29 is 4.79 Å². The molecule has 0 spiro atoms. The number of amides is 1. The molecule has 3 N–H and O–H groups in total. The molecular formula is C10H12BrN3OS. The molecule has 86 valence electrons. The molecule has 0 bridgehead atoms. The molecule has 0 saturated heterocycles. The molecule has 0 aliphatic carbocycles. The van der Waals surface area contributed by atoms with E-state index in [1.807, 2.05) is 6.92 Å². The summed E-state index contributed by atoms with van der Waals surface area (Å²) in [5.74, 6) is -0.267. The maximum atomic E-state index is 11.7. The lowest BCUT2D eigenvalue weighted by Crippen LogP contribution is -2.34. The second-order valence-corrected chi connectivity index (χ2v) is 4.67. The third kappa shape index (κ3) is 3.53. The third-order valence-electron chi connectivity index (χ3n) is 2.03. The van der Waals surface area contributed by atoms with Gasteiger partial charge in [-0.25, -0.2) is 4.98 Å². The first-order valence-corrected chi connectivity index (χ1v) is 5.90. The minimum absolute atomic E-state index is 0.0264. The van der Waals surface area contributed by atoms with Gasteiger partial charge in [-0.05, 0) is 28.1 Å². The number of rotatable bonds is 4. The Morgan fingerprint density at radius 3 is 3.00 bits per heavy atom. The number of aromatic nitrogens is 1. The molecule has 1 unspecified atom stereocenters. The molecule has 4 nitrogen and oxygen atoms in total. The fourth-order valence-electron chi connectivity index (χ4n) is 0.983. The second-order valence-electron chi connectivity index (χ2n) is 3.35. The monoisotopic (exact) mass is 301 g/mol. The number of thiocarbonyl (C=S) groups is 1. The maximum absolute atomic E-state index is 11.7. The van der Waals surface area contributed by atoms with Crippen LogP contribution in [0.25, 0.3) is 0 Å². The van der Waals surface area contributed by atoms with Crippen LogP contribution in [0.4, 0.5) is 0 Å². The lowest BCUT2D eigenvalue weighted by Gasteiger charge is -2.10. The van der Waals surface area contributed by atoms with Crippen LogP contribution in [0.2, 0.25) is 0 Å². The molecule has 0 aliphatic heterocycles. The average Bonchev–Trinajstić information content (AvgIpc) is 2.25. The highest BCUT2D eigenvalue weighted by Crippen LogP contribution is 2.12. The van der Waals surface area contributed by atoms with Gasteiger partial charge in [-0.15, -0.1) is 0 Å². The van der Waals surface area contributed by atoms with Crippen LogP contribution in [0, 0.1) is 5.92 Å². The summed E-state index contributed by atoms with van der Waals surface area (Å²) in [4.78, 5) is 16.1. The van der Waals surface area contributed by atoms with Gasteiger partial charge in [-0.3, -0.25) is 4.79 Å². The lowest BCUT2D eigenvalue weighted by atomic mass is 10.2. The van der Waals surface area contributed by atoms with Crippen molar-refractivity contribution in [1.82, 2.24) is 10.3 Å². The molecule has 0 aromatic carbocycles. The van der Waals surface area contributed by atoms with Gasteiger partial charge in [0.1, 0.15) is 5.69 Å². The van der Waals surface area contributed by atoms with E-state index in [0.29, 0.717) is 21.7 Å². The average molecular weight is 302 g/mol. The zero-order valence-electron chi connectivity index (χ0n) is 8.74. The smallest absolute Gasteiger partial charge is 0.271 e. The number of nitrogens with zero attached hydrogens (tertiary/aromatic N) is 1. The summed E-state index contributed by atoms with van der Waals surface area (Å²) in [6.45, 7) is 2.27. The van der Waals surface area contributed by atoms with Crippen molar-refractivity contribution in [2.75, 3.05) is 6.54 Å². The van der Waals surface area contributed by atoms with Crippen LogP contribution in [0.3, 0.4) is 0 Å². The first-order chi connectivity index (χ1) is 7.52. The minimum Gasteiger partial charge on any atom is -0.393 e. The summed E-state index contributed by atoms with van der Waals surface area (Å²) in [6.07, 6.45) is 1.57. The fourth-order valence-corrected chi connectivity index (χ4v) is 1.50. The van der Waals surface area contributed by atoms with Crippen LogP contribution in [-0.4, -0.2) is 22.4 Å². The Morgan fingerprint density at radius 2 is 2.44 bits per heavy atom. The van der Waals surface area contributed by atoms with E-state index in [9.17, 15) is 4.79 Å². The van der Waals surface area contributed by atoms with Crippen LogP contribution >= 0.6 is 28.1 Å². The standard InChI is InChI=1S/C10H12BrN3OS/c1-6(9(12)16)5-14-10(15)8-7(11)3-2-4-13-8/h2-4,6H,5H2,1H3,(H2,12,16)(H,14,15). The number of carbonyl (C=O) groups is 1. The highest BCUT2D eigenvalue weighted by molar-refractivity contribution is 9.10. The largest absolute Gasteiger partial charge is 0.393 e. The van der Waals surface area contributed by atoms with Gasteiger partial charge in [0.25, 0.3) is 5.91 Å². The number of nitrogens with two attached hydrogens (primary N) is 1. The SMILES string of the molecule is CC(CNC(=O)c1ncccc1Br)C(N)=S. The van der Waals surface area contributed by atoms with E-state index in [1.54, 1.807) is 18.3 Å². The molecular weight excluding hydrogens is 290 g/mol. The molecule has 0 aliphatic rings. The van der Waals surface area contributed by atoms with Crippen LogP contribution in [0.5, 0.6) is 0 Å². The minimum atomic E-state index is -0.240. The van der Waals surface area contributed by atoms with Gasteiger partial charge < -0.3 is 11.1 Å². The zero-order valence-corrected chi connectivity index (χ0v) is 11.1. The van der Waals surface area contributed by atoms with Crippen LogP contribution in [-0.2, 0) is 0 Å². The summed E-state index contributed by atoms with van der Waals surface area (Å²) in [7, 11) is 0. The van der Waals surface area contributed by atoms with E-state index in [4.69, 9.17) is 18.0 Å². The third-order valence-corrected chi connectivity index (χ3v) is 3.07. The Morgan fingerprint density at radius 1 is 1.75 bits per heavy atom. The van der Waals surface area contributed by atoms with Gasteiger partial charge in [0.05, 0.1) is 4.99 Å². The van der Waals surface area contributed by atoms with Gasteiger partial charge in [0.15, 0.2) is 0 Å². The number of hydrogen-bond donors (Lipinski definition) is 2. The maximum Gasteiger partial charge on any atom is 0.271 e. The first kappa shape index (κ1) is 13.1. The normalized spacial score (nSPS) is 11.9. The van der Waals surface area contributed by atoms with Gasteiger partial charge in [-0.1, -0.05) is 19.1 Å². The van der Waals surface area contributed by atoms with Gasteiger partial charge in [-0.2, -0.15) is 0 Å². The molecule has 1 rings (SSSR count). The molecule has 0 saturated carbocycles. The Kier molecular flexibility index (Phi) is 4.82. The van der Waals surface area contributed by atoms with E-state index < -0.39 is 0 Å². The number of nitrogens with one attached hydrogen (secondary N) is 1. The van der Waals surface area contributed by atoms with Crippen molar-refractivity contribution in [1.29, 1.82) is 0 Å². The van der Waals surface area contributed by atoms with Crippen molar-refractivity contribution in [3.8, 4) is 0 Å². The predicted molar refractivity (Wildman–Crippen MR) is 70.2 cm³/mol. The van der Waals surface area contributed by atoms with Crippen molar-refractivity contribution in [2.24, 2.45) is 11.7 Å². The van der Waals surface area contributed by atoms with Crippen molar-refractivity contribution in [3.63, 3.8) is 0 Å². The van der Waals surface area contributed by atoms with E-state index in [2.05, 4.69) is 26.2 Å². The molecule has 0 radical (unpaired) electrons. The molecule has 16 heavy (non-hydrogen) atoms. The van der Waals surface area contributed by atoms with Gasteiger partial charge >= 0.3 is 0 Å². The zero-order chi connectivity index (χ0) is 12.1. The quantitative estimate of drug-likeness (QED) is 0.827. The lowest BCUT2D eigenvalue weighted by molar-refractivity contribution is 0.0945. The highest BCUT2D eigenvalue weighted by Gasteiger charge is 2.12.